The zero-order chi connectivity index (χ0) is 16.5. The molecule has 0 saturated carbocycles. The third-order valence-corrected chi connectivity index (χ3v) is 4.34. The molecule has 9 heteroatoms. The molecule has 2 N–H and O–H groups in total. The molecule has 4 rings (SSSR count). The normalized spacial score (nSPS) is 11.2. The second-order valence-electron chi connectivity index (χ2n) is 5.23. The monoisotopic (exact) mass is 339 g/mol. The topological polar surface area (TPSA) is 105 Å². The van der Waals surface area contributed by atoms with Crippen molar-refractivity contribution in [3.8, 4) is 11.4 Å². The van der Waals surface area contributed by atoms with E-state index in [1.807, 2.05) is 31.2 Å². The van der Waals surface area contributed by atoms with Gasteiger partial charge < -0.3 is 0 Å². The lowest BCUT2D eigenvalue weighted by atomic mass is 10.1. The maximum absolute atomic E-state index is 11.9. The van der Waals surface area contributed by atoms with Crippen molar-refractivity contribution in [2.24, 2.45) is 0 Å². The first-order valence-corrected chi connectivity index (χ1v) is 8.22. The molecule has 0 amide bonds. The Kier molecular flexibility index (Phi) is 3.62. The van der Waals surface area contributed by atoms with Gasteiger partial charge in [-0.05, 0) is 6.92 Å². The van der Waals surface area contributed by atoms with Crippen LogP contribution < -0.4 is 5.56 Å². The number of nitrogens with one attached hydrogen (secondary N) is 2. The number of aryl methyl sites for hydroxylation is 1. The minimum atomic E-state index is -0.191. The summed E-state index contributed by atoms with van der Waals surface area (Å²) in [4.78, 5) is 24.7. The van der Waals surface area contributed by atoms with Gasteiger partial charge in [-0.25, -0.2) is 15.0 Å². The molecule has 0 saturated heterocycles. The summed E-state index contributed by atoms with van der Waals surface area (Å²) in [6, 6.07) is 9.53. The molecule has 0 atom stereocenters. The van der Waals surface area contributed by atoms with E-state index in [0.717, 1.165) is 5.56 Å². The van der Waals surface area contributed by atoms with Gasteiger partial charge >= 0.3 is 0 Å². The number of aromatic nitrogens is 7. The van der Waals surface area contributed by atoms with Gasteiger partial charge in [-0.1, -0.05) is 41.6 Å². The van der Waals surface area contributed by atoms with Crippen molar-refractivity contribution >= 4 is 17.5 Å². The van der Waals surface area contributed by atoms with Crippen LogP contribution in [-0.4, -0.2) is 34.8 Å². The van der Waals surface area contributed by atoms with E-state index in [1.165, 1.54) is 34.2 Å². The summed E-state index contributed by atoms with van der Waals surface area (Å²) in [5.41, 5.74) is 2.62. The summed E-state index contributed by atoms with van der Waals surface area (Å²) in [5.74, 6) is 1.56. The van der Waals surface area contributed by atoms with E-state index in [1.54, 1.807) is 0 Å². The number of benzene rings is 1. The predicted octanol–water partition coefficient (Wildman–Crippen LogP) is 1.80. The van der Waals surface area contributed by atoms with Crippen molar-refractivity contribution < 1.29 is 0 Å². The van der Waals surface area contributed by atoms with Crippen LogP contribution in [0.3, 0.4) is 0 Å². The van der Waals surface area contributed by atoms with Crippen molar-refractivity contribution in [2.45, 2.75) is 17.8 Å². The number of thioether (sulfide) groups is 1. The molecule has 0 bridgehead atoms. The number of hydrogen-bond acceptors (Lipinski definition) is 6. The summed E-state index contributed by atoms with van der Waals surface area (Å²) in [5, 5.41) is 10.4. The van der Waals surface area contributed by atoms with Crippen molar-refractivity contribution in [3.05, 3.63) is 58.3 Å². The lowest BCUT2D eigenvalue weighted by Gasteiger charge is -1.98. The molecule has 0 aliphatic carbocycles. The van der Waals surface area contributed by atoms with Gasteiger partial charge in [-0.15, -0.1) is 5.10 Å². The zero-order valence-electron chi connectivity index (χ0n) is 12.7. The van der Waals surface area contributed by atoms with Gasteiger partial charge in [0.05, 0.1) is 5.69 Å². The lowest BCUT2D eigenvalue weighted by Crippen LogP contribution is -2.15. The molecule has 0 aliphatic heterocycles. The summed E-state index contributed by atoms with van der Waals surface area (Å²) in [6.45, 7) is 2.04. The number of hydrogen-bond donors (Lipinski definition) is 2. The van der Waals surface area contributed by atoms with Crippen molar-refractivity contribution in [3.63, 3.8) is 0 Å². The number of aromatic amines is 2. The molecule has 3 aromatic heterocycles. The van der Waals surface area contributed by atoms with Gasteiger partial charge in [0.1, 0.15) is 6.33 Å². The smallest absolute Gasteiger partial charge is 0.274 e. The van der Waals surface area contributed by atoms with Crippen LogP contribution in [-0.2, 0) is 5.75 Å². The molecule has 0 aliphatic rings. The Morgan fingerprint density at radius 1 is 1.21 bits per heavy atom. The van der Waals surface area contributed by atoms with Crippen LogP contribution >= 0.6 is 11.8 Å². The fourth-order valence-electron chi connectivity index (χ4n) is 2.23. The van der Waals surface area contributed by atoms with E-state index in [4.69, 9.17) is 0 Å². The second kappa shape index (κ2) is 5.93. The number of rotatable bonds is 4. The zero-order valence-corrected chi connectivity index (χ0v) is 13.5. The van der Waals surface area contributed by atoms with E-state index in [0.29, 0.717) is 28.2 Å². The molecule has 0 unspecified atom stereocenters. The Morgan fingerprint density at radius 2 is 2.04 bits per heavy atom. The predicted molar refractivity (Wildman–Crippen MR) is 89.7 cm³/mol. The Morgan fingerprint density at radius 3 is 2.88 bits per heavy atom. The van der Waals surface area contributed by atoms with Gasteiger partial charge in [0.2, 0.25) is 5.16 Å². The fraction of sp³-hybridized carbons (Fsp3) is 0.133. The van der Waals surface area contributed by atoms with Crippen LogP contribution in [0.1, 0.15) is 11.3 Å². The van der Waals surface area contributed by atoms with Crippen LogP contribution in [0.2, 0.25) is 0 Å². The van der Waals surface area contributed by atoms with Crippen LogP contribution in [0.15, 0.2) is 46.6 Å². The number of H-pyrrole nitrogens is 2. The molecular weight excluding hydrogens is 326 g/mol. The lowest BCUT2D eigenvalue weighted by molar-refractivity contribution is 0.886. The van der Waals surface area contributed by atoms with Crippen LogP contribution in [0.5, 0.6) is 0 Å². The van der Waals surface area contributed by atoms with Gasteiger partial charge in [0, 0.05) is 17.4 Å². The highest BCUT2D eigenvalue weighted by Gasteiger charge is 2.09. The Balaban J connectivity index is 1.51. The average molecular weight is 339 g/mol. The first kappa shape index (κ1) is 14.6. The van der Waals surface area contributed by atoms with Crippen LogP contribution in [0.25, 0.3) is 17.2 Å². The van der Waals surface area contributed by atoms with Gasteiger partial charge in [-0.3, -0.25) is 15.0 Å². The molecule has 8 nitrogen and oxygen atoms in total. The van der Waals surface area contributed by atoms with Crippen LogP contribution in [0, 0.1) is 6.92 Å². The van der Waals surface area contributed by atoms with Gasteiger partial charge in [-0.2, -0.15) is 4.52 Å². The van der Waals surface area contributed by atoms with Crippen molar-refractivity contribution in [1.29, 1.82) is 0 Å². The maximum atomic E-state index is 11.9. The largest absolute Gasteiger partial charge is 0.278 e. The van der Waals surface area contributed by atoms with Crippen molar-refractivity contribution in [1.82, 2.24) is 34.8 Å². The summed E-state index contributed by atoms with van der Waals surface area (Å²) < 4.78 is 1.29. The Labute approximate surface area is 140 Å². The molecule has 1 aromatic carbocycles. The molecule has 0 fully saturated rings. The number of nitrogens with zero attached hydrogens (tertiary/aromatic N) is 5. The van der Waals surface area contributed by atoms with E-state index < -0.39 is 0 Å². The average Bonchev–Trinajstić information content (AvgIpc) is 3.23. The Hall–Kier alpha value is -2.94. The Bertz CT molecular complexity index is 1050. The van der Waals surface area contributed by atoms with Crippen molar-refractivity contribution in [2.75, 3.05) is 0 Å². The van der Waals surface area contributed by atoms with Gasteiger partial charge in [0.25, 0.3) is 11.3 Å². The molecule has 3 heterocycles. The highest BCUT2D eigenvalue weighted by Crippen LogP contribution is 2.21. The third kappa shape index (κ3) is 2.81. The highest BCUT2D eigenvalue weighted by atomic mass is 32.2. The molecule has 0 radical (unpaired) electrons. The molecule has 24 heavy (non-hydrogen) atoms. The highest BCUT2D eigenvalue weighted by molar-refractivity contribution is 7.98. The maximum Gasteiger partial charge on any atom is 0.274 e. The molecule has 4 aromatic rings. The van der Waals surface area contributed by atoms with E-state index in [-0.39, 0.29) is 5.56 Å². The molecular formula is C15H13N7OS. The van der Waals surface area contributed by atoms with E-state index in [2.05, 4.69) is 30.2 Å². The van der Waals surface area contributed by atoms with E-state index >= 15 is 0 Å². The summed E-state index contributed by atoms with van der Waals surface area (Å²) in [6.07, 6.45) is 1.43. The second-order valence-corrected chi connectivity index (χ2v) is 6.17. The SMILES string of the molecule is Cc1ccc(-c2nc(SCc3cc(=O)n4[nH]cnc4n3)n[nH]2)cc1. The minimum Gasteiger partial charge on any atom is -0.278 e. The molecule has 120 valence electrons. The summed E-state index contributed by atoms with van der Waals surface area (Å²) >= 11 is 1.41. The fourth-order valence-corrected chi connectivity index (χ4v) is 2.92. The van der Waals surface area contributed by atoms with E-state index in [9.17, 15) is 4.79 Å². The number of fused-ring (bicyclic) bond motifs is 1. The standard InChI is InChI=1S/C15H13N7OS/c1-9-2-4-10(5-3-9)13-19-15(21-20-13)24-7-11-6-12(23)22-14(18-11)16-8-17-22/h2-6,8H,7H2,1H3,(H,16,17,18)(H,19,20,21). The first-order chi connectivity index (χ1) is 11.7. The third-order valence-electron chi connectivity index (χ3n) is 3.46. The quantitative estimate of drug-likeness (QED) is 0.549. The van der Waals surface area contributed by atoms with Gasteiger partial charge in [0.15, 0.2) is 5.82 Å². The van der Waals surface area contributed by atoms with Crippen LogP contribution in [0.4, 0.5) is 0 Å². The molecule has 0 spiro atoms. The minimum absolute atomic E-state index is 0.191. The summed E-state index contributed by atoms with van der Waals surface area (Å²) in [7, 11) is 0. The first-order valence-electron chi connectivity index (χ1n) is 7.23.